The lowest BCUT2D eigenvalue weighted by molar-refractivity contribution is 0.0943. The minimum atomic E-state index is -0.0744. The normalized spacial score (nSPS) is 10.3. The number of benzene rings is 1. The number of hydrogen-bond acceptors (Lipinski definition) is 2. The van der Waals surface area contributed by atoms with Gasteiger partial charge in [-0.2, -0.15) is 0 Å². The van der Waals surface area contributed by atoms with Gasteiger partial charge in [0.2, 0.25) is 0 Å². The summed E-state index contributed by atoms with van der Waals surface area (Å²) in [4.78, 5) is 11.8. The van der Waals surface area contributed by atoms with Crippen LogP contribution in [0.4, 0.5) is 0 Å². The molecule has 0 atom stereocenters. The molecule has 3 nitrogen and oxygen atoms in total. The van der Waals surface area contributed by atoms with E-state index >= 15 is 0 Å². The van der Waals surface area contributed by atoms with Gasteiger partial charge >= 0.3 is 0 Å². The van der Waals surface area contributed by atoms with E-state index in [1.165, 1.54) is 0 Å². The monoisotopic (exact) mass is 363 g/mol. The van der Waals surface area contributed by atoms with Gasteiger partial charge in [0.1, 0.15) is 0 Å². The summed E-state index contributed by atoms with van der Waals surface area (Å²) in [5, 5.41) is 2.86. The molecule has 0 fully saturated rings. The number of hydrogen-bond donors (Lipinski definition) is 1. The van der Waals surface area contributed by atoms with Crippen LogP contribution in [0.25, 0.3) is 0 Å². The molecule has 0 unspecified atom stereocenters. The van der Waals surface area contributed by atoms with Crippen molar-refractivity contribution in [3.8, 4) is 0 Å². The summed E-state index contributed by atoms with van der Waals surface area (Å²) in [5.41, 5.74) is 0.635. The largest absolute Gasteiger partial charge is 0.382 e. The second-order valence-electron chi connectivity index (χ2n) is 3.43. The molecular formula is C12H15Br2NO2. The molecule has 0 radical (unpaired) electrons. The first-order chi connectivity index (χ1) is 8.15. The van der Waals surface area contributed by atoms with Crippen LogP contribution in [0.3, 0.4) is 0 Å². The molecule has 1 N–H and O–H groups in total. The molecular weight excluding hydrogens is 350 g/mol. The van der Waals surface area contributed by atoms with E-state index in [1.807, 2.05) is 19.1 Å². The molecule has 0 saturated carbocycles. The van der Waals surface area contributed by atoms with E-state index in [4.69, 9.17) is 4.74 Å². The molecule has 0 bridgehead atoms. The van der Waals surface area contributed by atoms with Crippen molar-refractivity contribution < 1.29 is 9.53 Å². The number of ether oxygens (including phenoxy) is 1. The van der Waals surface area contributed by atoms with Gasteiger partial charge in [0, 0.05) is 28.7 Å². The van der Waals surface area contributed by atoms with Crippen molar-refractivity contribution in [2.45, 2.75) is 13.3 Å². The first-order valence-electron chi connectivity index (χ1n) is 5.46. The molecule has 0 saturated heterocycles. The summed E-state index contributed by atoms with van der Waals surface area (Å²) in [5.74, 6) is -0.0744. The van der Waals surface area contributed by atoms with Crippen molar-refractivity contribution >= 4 is 37.8 Å². The highest BCUT2D eigenvalue weighted by atomic mass is 79.9. The Balaban J connectivity index is 2.44. The van der Waals surface area contributed by atoms with E-state index < -0.39 is 0 Å². The molecule has 1 rings (SSSR count). The van der Waals surface area contributed by atoms with Crippen LogP contribution in [0.15, 0.2) is 27.1 Å². The molecule has 0 heterocycles. The Labute approximate surface area is 118 Å². The molecule has 5 heteroatoms. The van der Waals surface area contributed by atoms with Gasteiger partial charge in [0.25, 0.3) is 5.91 Å². The van der Waals surface area contributed by atoms with Crippen molar-refractivity contribution in [2.75, 3.05) is 19.8 Å². The second kappa shape index (κ2) is 7.84. The van der Waals surface area contributed by atoms with Gasteiger partial charge < -0.3 is 10.1 Å². The molecule has 1 aromatic carbocycles. The van der Waals surface area contributed by atoms with Crippen LogP contribution < -0.4 is 5.32 Å². The summed E-state index contributed by atoms with van der Waals surface area (Å²) in [6.07, 6.45) is 0.825. The zero-order valence-electron chi connectivity index (χ0n) is 9.63. The van der Waals surface area contributed by atoms with E-state index in [9.17, 15) is 4.79 Å². The topological polar surface area (TPSA) is 38.3 Å². The fraction of sp³-hybridized carbons (Fsp3) is 0.417. The van der Waals surface area contributed by atoms with Gasteiger partial charge in [0.05, 0.1) is 5.56 Å². The Morgan fingerprint density at radius 1 is 1.41 bits per heavy atom. The Kier molecular flexibility index (Phi) is 6.77. The lowest BCUT2D eigenvalue weighted by Crippen LogP contribution is -2.25. The van der Waals surface area contributed by atoms with Gasteiger partial charge in [0.15, 0.2) is 0 Å². The molecule has 0 aromatic heterocycles. The Bertz CT molecular complexity index is 383. The molecule has 17 heavy (non-hydrogen) atoms. The first-order valence-corrected chi connectivity index (χ1v) is 7.04. The summed E-state index contributed by atoms with van der Waals surface area (Å²) < 4.78 is 6.88. The molecule has 0 aliphatic carbocycles. The van der Waals surface area contributed by atoms with Crippen molar-refractivity contribution in [3.05, 3.63) is 32.7 Å². The summed E-state index contributed by atoms with van der Waals surface area (Å²) in [6.45, 7) is 3.97. The van der Waals surface area contributed by atoms with Crippen LogP contribution in [0.2, 0.25) is 0 Å². The summed E-state index contributed by atoms with van der Waals surface area (Å²) in [6, 6.07) is 5.52. The third-order valence-corrected chi connectivity index (χ3v) is 3.31. The summed E-state index contributed by atoms with van der Waals surface area (Å²) in [7, 11) is 0. The smallest absolute Gasteiger partial charge is 0.252 e. The third-order valence-electron chi connectivity index (χ3n) is 2.13. The first kappa shape index (κ1) is 14.7. The lowest BCUT2D eigenvalue weighted by Gasteiger charge is -2.07. The zero-order chi connectivity index (χ0) is 12.7. The van der Waals surface area contributed by atoms with Crippen LogP contribution in [0.5, 0.6) is 0 Å². The number of halogens is 2. The lowest BCUT2D eigenvalue weighted by atomic mass is 10.2. The van der Waals surface area contributed by atoms with Crippen molar-refractivity contribution in [1.29, 1.82) is 0 Å². The van der Waals surface area contributed by atoms with E-state index in [2.05, 4.69) is 37.2 Å². The van der Waals surface area contributed by atoms with E-state index in [0.717, 1.165) is 15.4 Å². The predicted molar refractivity (Wildman–Crippen MR) is 75.3 cm³/mol. The SMILES string of the molecule is CCOCCCNC(=O)c1cc(Br)ccc1Br. The van der Waals surface area contributed by atoms with Crippen molar-refractivity contribution in [3.63, 3.8) is 0 Å². The van der Waals surface area contributed by atoms with E-state index in [1.54, 1.807) is 6.07 Å². The molecule has 0 aliphatic heterocycles. The highest BCUT2D eigenvalue weighted by Gasteiger charge is 2.09. The van der Waals surface area contributed by atoms with Crippen LogP contribution in [0.1, 0.15) is 23.7 Å². The molecule has 0 aliphatic rings. The zero-order valence-corrected chi connectivity index (χ0v) is 12.8. The van der Waals surface area contributed by atoms with E-state index in [-0.39, 0.29) is 5.91 Å². The Morgan fingerprint density at radius 2 is 2.18 bits per heavy atom. The maximum atomic E-state index is 11.8. The van der Waals surface area contributed by atoms with Crippen molar-refractivity contribution in [1.82, 2.24) is 5.32 Å². The fourth-order valence-corrected chi connectivity index (χ4v) is 2.07. The Hall–Kier alpha value is -0.390. The molecule has 1 aromatic rings. The summed E-state index contributed by atoms with van der Waals surface area (Å²) >= 11 is 6.70. The van der Waals surface area contributed by atoms with Crippen LogP contribution in [-0.4, -0.2) is 25.7 Å². The minimum absolute atomic E-state index is 0.0744. The predicted octanol–water partition coefficient (Wildman–Crippen LogP) is 3.37. The van der Waals surface area contributed by atoms with Gasteiger partial charge in [-0.15, -0.1) is 0 Å². The standard InChI is InChI=1S/C12H15Br2NO2/c1-2-17-7-3-6-15-12(16)10-8-9(13)4-5-11(10)14/h4-5,8H,2-3,6-7H2,1H3,(H,15,16). The number of carbonyl (C=O) groups is 1. The third kappa shape index (κ3) is 5.19. The number of rotatable bonds is 6. The Morgan fingerprint density at radius 3 is 2.88 bits per heavy atom. The molecule has 94 valence electrons. The van der Waals surface area contributed by atoms with Gasteiger partial charge in [-0.3, -0.25) is 4.79 Å². The van der Waals surface area contributed by atoms with E-state index in [0.29, 0.717) is 25.3 Å². The fourth-order valence-electron chi connectivity index (χ4n) is 1.29. The van der Waals surface area contributed by atoms with Crippen LogP contribution in [0, 0.1) is 0 Å². The number of amides is 1. The highest BCUT2D eigenvalue weighted by molar-refractivity contribution is 9.11. The number of nitrogens with one attached hydrogen (secondary N) is 1. The molecule has 0 spiro atoms. The van der Waals surface area contributed by atoms with Crippen LogP contribution in [-0.2, 0) is 4.74 Å². The maximum Gasteiger partial charge on any atom is 0.252 e. The van der Waals surface area contributed by atoms with Crippen molar-refractivity contribution in [2.24, 2.45) is 0 Å². The van der Waals surface area contributed by atoms with Gasteiger partial charge in [-0.1, -0.05) is 15.9 Å². The second-order valence-corrected chi connectivity index (χ2v) is 5.20. The quantitative estimate of drug-likeness (QED) is 0.786. The van der Waals surface area contributed by atoms with Crippen LogP contribution >= 0.6 is 31.9 Å². The number of carbonyl (C=O) groups excluding carboxylic acids is 1. The average molecular weight is 365 g/mol. The minimum Gasteiger partial charge on any atom is -0.382 e. The van der Waals surface area contributed by atoms with Gasteiger partial charge in [-0.25, -0.2) is 0 Å². The molecule has 1 amide bonds. The van der Waals surface area contributed by atoms with Gasteiger partial charge in [-0.05, 0) is 47.5 Å². The average Bonchev–Trinajstić information content (AvgIpc) is 2.32. The highest BCUT2D eigenvalue weighted by Crippen LogP contribution is 2.21. The maximum absolute atomic E-state index is 11.8.